The Labute approximate surface area is 121 Å². The van der Waals surface area contributed by atoms with Crippen molar-refractivity contribution in [2.75, 3.05) is 0 Å². The second-order valence-electron chi connectivity index (χ2n) is 7.48. The maximum atomic E-state index is 10.3. The minimum Gasteiger partial charge on any atom is -0.393 e. The zero-order valence-corrected chi connectivity index (χ0v) is 13.6. The van der Waals surface area contributed by atoms with Gasteiger partial charge >= 0.3 is 0 Å². The Balaban J connectivity index is 2.00. The van der Waals surface area contributed by atoms with Gasteiger partial charge < -0.3 is 5.11 Å². The molecule has 1 fully saturated rings. The average molecular weight is 268 g/mol. The highest BCUT2D eigenvalue weighted by molar-refractivity contribution is 4.81. The second-order valence-corrected chi connectivity index (χ2v) is 7.48. The normalized spacial score (nSPS) is 21.5. The van der Waals surface area contributed by atoms with E-state index in [9.17, 15) is 5.11 Å². The van der Waals surface area contributed by atoms with Crippen LogP contribution in [0.3, 0.4) is 0 Å². The summed E-state index contributed by atoms with van der Waals surface area (Å²) in [6, 6.07) is 0. The molecule has 0 amide bonds. The van der Waals surface area contributed by atoms with Gasteiger partial charge in [-0.05, 0) is 43.4 Å². The summed E-state index contributed by atoms with van der Waals surface area (Å²) in [4.78, 5) is 0. The summed E-state index contributed by atoms with van der Waals surface area (Å²) in [6.07, 6.45) is 15.5. The molecule has 0 heterocycles. The standard InChI is InChI=1S/C18H36O/c1-4-5-6-7-8-9-10-11-17(19)16-12-14-18(2,3)15-13-16/h16-17,19H,4-15H2,1-3H3. The maximum absolute atomic E-state index is 10.3. The SMILES string of the molecule is CCCCCCCCCC(O)C1CCC(C)(C)CC1. The molecule has 0 aromatic rings. The maximum Gasteiger partial charge on any atom is 0.0568 e. The van der Waals surface area contributed by atoms with Gasteiger partial charge in [0.2, 0.25) is 0 Å². The van der Waals surface area contributed by atoms with Crippen molar-refractivity contribution >= 4 is 0 Å². The Morgan fingerprint density at radius 1 is 0.947 bits per heavy atom. The minimum atomic E-state index is -0.0215. The van der Waals surface area contributed by atoms with Crippen LogP contribution in [0, 0.1) is 11.3 Å². The first-order chi connectivity index (χ1) is 9.05. The summed E-state index contributed by atoms with van der Waals surface area (Å²) in [7, 11) is 0. The van der Waals surface area contributed by atoms with Gasteiger partial charge in [-0.1, -0.05) is 65.7 Å². The predicted molar refractivity (Wildman–Crippen MR) is 84.4 cm³/mol. The fourth-order valence-corrected chi connectivity index (χ4v) is 3.35. The number of aliphatic hydroxyl groups is 1. The Morgan fingerprint density at radius 2 is 1.47 bits per heavy atom. The van der Waals surface area contributed by atoms with Crippen molar-refractivity contribution in [2.45, 2.75) is 104 Å². The number of rotatable bonds is 9. The van der Waals surface area contributed by atoms with Gasteiger partial charge in [0, 0.05) is 0 Å². The molecular formula is C18H36O. The third kappa shape index (κ3) is 7.34. The number of unbranched alkanes of at least 4 members (excludes halogenated alkanes) is 6. The minimum absolute atomic E-state index is 0.0215. The van der Waals surface area contributed by atoms with Crippen molar-refractivity contribution < 1.29 is 5.11 Å². The van der Waals surface area contributed by atoms with E-state index in [1.807, 2.05) is 0 Å². The molecule has 1 nitrogen and oxygen atoms in total. The Morgan fingerprint density at radius 3 is 2.05 bits per heavy atom. The summed E-state index contributed by atoms with van der Waals surface area (Å²) in [5.74, 6) is 0.591. The summed E-state index contributed by atoms with van der Waals surface area (Å²) >= 11 is 0. The van der Waals surface area contributed by atoms with Crippen molar-refractivity contribution in [3.8, 4) is 0 Å². The third-order valence-corrected chi connectivity index (χ3v) is 5.03. The molecule has 0 aromatic heterocycles. The molecule has 1 heteroatoms. The van der Waals surface area contributed by atoms with E-state index in [0.29, 0.717) is 11.3 Å². The van der Waals surface area contributed by atoms with Crippen molar-refractivity contribution in [1.82, 2.24) is 0 Å². The molecule has 0 aliphatic heterocycles. The van der Waals surface area contributed by atoms with Gasteiger partial charge in [0.05, 0.1) is 6.10 Å². The van der Waals surface area contributed by atoms with Crippen LogP contribution in [0.4, 0.5) is 0 Å². The van der Waals surface area contributed by atoms with Gasteiger partial charge in [0.25, 0.3) is 0 Å². The van der Waals surface area contributed by atoms with Gasteiger partial charge in [0.1, 0.15) is 0 Å². The fourth-order valence-electron chi connectivity index (χ4n) is 3.35. The van der Waals surface area contributed by atoms with E-state index in [4.69, 9.17) is 0 Å². The summed E-state index contributed by atoms with van der Waals surface area (Å²) < 4.78 is 0. The number of hydrogen-bond donors (Lipinski definition) is 1. The quantitative estimate of drug-likeness (QED) is 0.531. The lowest BCUT2D eigenvalue weighted by atomic mass is 9.71. The molecule has 19 heavy (non-hydrogen) atoms. The lowest BCUT2D eigenvalue weighted by Crippen LogP contribution is -2.29. The van der Waals surface area contributed by atoms with Crippen LogP contribution in [0.15, 0.2) is 0 Å². The molecule has 1 unspecified atom stereocenters. The first-order valence-corrected chi connectivity index (χ1v) is 8.73. The summed E-state index contributed by atoms with van der Waals surface area (Å²) in [5, 5.41) is 10.3. The first kappa shape index (κ1) is 17.0. The topological polar surface area (TPSA) is 20.2 Å². The molecule has 0 bridgehead atoms. The van der Waals surface area contributed by atoms with Crippen molar-refractivity contribution in [3.05, 3.63) is 0 Å². The zero-order chi connectivity index (χ0) is 14.1. The lowest BCUT2D eigenvalue weighted by molar-refractivity contribution is 0.0497. The largest absolute Gasteiger partial charge is 0.393 e. The van der Waals surface area contributed by atoms with Crippen LogP contribution in [-0.2, 0) is 0 Å². The van der Waals surface area contributed by atoms with Crippen LogP contribution in [0.5, 0.6) is 0 Å². The van der Waals surface area contributed by atoms with Crippen molar-refractivity contribution in [1.29, 1.82) is 0 Å². The highest BCUT2D eigenvalue weighted by Crippen LogP contribution is 2.39. The predicted octanol–water partition coefficient (Wildman–Crippen LogP) is 5.70. The second kappa shape index (κ2) is 9.00. The van der Waals surface area contributed by atoms with E-state index in [0.717, 1.165) is 6.42 Å². The Hall–Kier alpha value is -0.0400. The average Bonchev–Trinajstić information content (AvgIpc) is 2.37. The molecule has 0 radical (unpaired) electrons. The molecule has 1 aliphatic rings. The van der Waals surface area contributed by atoms with E-state index in [2.05, 4.69) is 20.8 Å². The monoisotopic (exact) mass is 268 g/mol. The van der Waals surface area contributed by atoms with E-state index in [1.54, 1.807) is 0 Å². The molecule has 0 spiro atoms. The molecular weight excluding hydrogens is 232 g/mol. The van der Waals surface area contributed by atoms with Crippen LogP contribution in [0.25, 0.3) is 0 Å². The molecule has 1 saturated carbocycles. The molecule has 1 rings (SSSR count). The van der Waals surface area contributed by atoms with E-state index >= 15 is 0 Å². The fraction of sp³-hybridized carbons (Fsp3) is 1.00. The molecule has 0 saturated heterocycles. The highest BCUT2D eigenvalue weighted by Gasteiger charge is 2.30. The van der Waals surface area contributed by atoms with E-state index < -0.39 is 0 Å². The Bertz CT molecular complexity index is 212. The summed E-state index contributed by atoms with van der Waals surface area (Å²) in [6.45, 7) is 7.00. The van der Waals surface area contributed by atoms with Gasteiger partial charge in [-0.2, -0.15) is 0 Å². The Kier molecular flexibility index (Phi) is 8.06. The first-order valence-electron chi connectivity index (χ1n) is 8.73. The van der Waals surface area contributed by atoms with Gasteiger partial charge in [0.15, 0.2) is 0 Å². The highest BCUT2D eigenvalue weighted by atomic mass is 16.3. The molecule has 1 N–H and O–H groups in total. The van der Waals surface area contributed by atoms with Crippen LogP contribution in [0.2, 0.25) is 0 Å². The van der Waals surface area contributed by atoms with Crippen LogP contribution in [-0.4, -0.2) is 11.2 Å². The lowest BCUT2D eigenvalue weighted by Gasteiger charge is -2.36. The van der Waals surface area contributed by atoms with Gasteiger partial charge in [-0.15, -0.1) is 0 Å². The molecule has 114 valence electrons. The van der Waals surface area contributed by atoms with Crippen molar-refractivity contribution in [2.24, 2.45) is 11.3 Å². The van der Waals surface area contributed by atoms with E-state index in [-0.39, 0.29) is 6.10 Å². The number of hydrogen-bond acceptors (Lipinski definition) is 1. The molecule has 1 atom stereocenters. The van der Waals surface area contributed by atoms with Crippen molar-refractivity contribution in [3.63, 3.8) is 0 Å². The zero-order valence-electron chi connectivity index (χ0n) is 13.6. The molecule has 0 aromatic carbocycles. The van der Waals surface area contributed by atoms with Crippen LogP contribution < -0.4 is 0 Å². The van der Waals surface area contributed by atoms with Gasteiger partial charge in [-0.3, -0.25) is 0 Å². The van der Waals surface area contributed by atoms with Gasteiger partial charge in [-0.25, -0.2) is 0 Å². The van der Waals surface area contributed by atoms with Crippen LogP contribution in [0.1, 0.15) is 97.8 Å². The van der Waals surface area contributed by atoms with Crippen LogP contribution >= 0.6 is 0 Å². The summed E-state index contributed by atoms with van der Waals surface area (Å²) in [5.41, 5.74) is 0.523. The molecule has 1 aliphatic carbocycles. The third-order valence-electron chi connectivity index (χ3n) is 5.03. The smallest absolute Gasteiger partial charge is 0.0568 e. The van der Waals surface area contributed by atoms with E-state index in [1.165, 1.54) is 70.6 Å². The number of aliphatic hydroxyl groups excluding tert-OH is 1.